The highest BCUT2D eigenvalue weighted by atomic mass is 32.2. The van der Waals surface area contributed by atoms with Crippen LogP contribution in [0.15, 0.2) is 29.3 Å². The van der Waals surface area contributed by atoms with Crippen LogP contribution in [0, 0.1) is 13.8 Å². The molecule has 2 aliphatic heterocycles. The Morgan fingerprint density at radius 3 is 2.93 bits per heavy atom. The summed E-state index contributed by atoms with van der Waals surface area (Å²) in [6.45, 7) is 4.40. The van der Waals surface area contributed by atoms with Crippen molar-refractivity contribution in [3.8, 4) is 11.5 Å². The van der Waals surface area contributed by atoms with E-state index in [4.69, 9.17) is 9.47 Å². The van der Waals surface area contributed by atoms with Gasteiger partial charge in [0.15, 0.2) is 11.5 Å². The molecule has 140 valence electrons. The third-order valence-corrected chi connectivity index (χ3v) is 5.36. The predicted octanol–water partition coefficient (Wildman–Crippen LogP) is 2.18. The van der Waals surface area contributed by atoms with Crippen LogP contribution in [0.4, 0.5) is 5.69 Å². The first-order valence-electron chi connectivity index (χ1n) is 8.58. The van der Waals surface area contributed by atoms with Crippen molar-refractivity contribution < 1.29 is 19.1 Å². The van der Waals surface area contributed by atoms with Gasteiger partial charge in [-0.2, -0.15) is 0 Å². The van der Waals surface area contributed by atoms with E-state index in [0.29, 0.717) is 23.8 Å². The van der Waals surface area contributed by atoms with Gasteiger partial charge in [0.05, 0.1) is 11.4 Å². The maximum absolute atomic E-state index is 12.5. The van der Waals surface area contributed by atoms with Crippen LogP contribution in [0.3, 0.4) is 0 Å². The fourth-order valence-electron chi connectivity index (χ4n) is 3.18. The lowest BCUT2D eigenvalue weighted by molar-refractivity contribution is -0.123. The minimum Gasteiger partial charge on any atom is -0.454 e. The van der Waals surface area contributed by atoms with Gasteiger partial charge < -0.3 is 14.8 Å². The number of hydrogen-bond donors (Lipinski definition) is 1. The Labute approximate surface area is 161 Å². The Kier molecular flexibility index (Phi) is 4.65. The van der Waals surface area contributed by atoms with Gasteiger partial charge in [-0.25, -0.2) is 4.98 Å². The van der Waals surface area contributed by atoms with E-state index in [0.717, 1.165) is 27.5 Å². The first-order chi connectivity index (χ1) is 13.0. The summed E-state index contributed by atoms with van der Waals surface area (Å²) in [6, 6.07) is 7.47. The van der Waals surface area contributed by atoms with Crippen LogP contribution in [-0.4, -0.2) is 35.9 Å². The summed E-state index contributed by atoms with van der Waals surface area (Å²) in [4.78, 5) is 30.9. The molecule has 0 unspecified atom stereocenters. The molecular formula is C19H19N3O4S. The normalized spacial score (nSPS) is 14.9. The number of fused-ring (bicyclic) bond motifs is 2. The first-order valence-corrected chi connectivity index (χ1v) is 9.56. The molecule has 0 spiro atoms. The Morgan fingerprint density at radius 1 is 1.26 bits per heavy atom. The number of rotatable bonds is 4. The Bertz CT molecular complexity index is 931. The molecule has 7 nitrogen and oxygen atoms in total. The first kappa shape index (κ1) is 17.7. The summed E-state index contributed by atoms with van der Waals surface area (Å²) < 4.78 is 10.6. The molecule has 0 radical (unpaired) electrons. The predicted molar refractivity (Wildman–Crippen MR) is 101 cm³/mol. The molecule has 0 atom stereocenters. The van der Waals surface area contributed by atoms with Crippen LogP contribution in [0.1, 0.15) is 16.8 Å². The van der Waals surface area contributed by atoms with E-state index < -0.39 is 0 Å². The van der Waals surface area contributed by atoms with Crippen LogP contribution >= 0.6 is 11.8 Å². The van der Waals surface area contributed by atoms with E-state index in [1.54, 1.807) is 0 Å². The summed E-state index contributed by atoms with van der Waals surface area (Å²) in [5, 5.41) is 3.66. The van der Waals surface area contributed by atoms with Crippen molar-refractivity contribution in [1.82, 2.24) is 10.3 Å². The number of pyridine rings is 1. The van der Waals surface area contributed by atoms with Crippen molar-refractivity contribution in [3.05, 3.63) is 41.1 Å². The molecular weight excluding hydrogens is 366 g/mol. The highest BCUT2D eigenvalue weighted by Gasteiger charge is 2.29. The SMILES string of the molecule is Cc1cc(C)c2c(n1)SCC(=O)N2CC(=O)NCc1ccc2c(c1)OCO2. The number of carbonyl (C=O) groups excluding carboxylic acids is 2. The monoisotopic (exact) mass is 385 g/mol. The van der Waals surface area contributed by atoms with Crippen molar-refractivity contribution in [2.24, 2.45) is 0 Å². The Balaban J connectivity index is 1.45. The summed E-state index contributed by atoms with van der Waals surface area (Å²) >= 11 is 1.42. The molecule has 0 bridgehead atoms. The van der Waals surface area contributed by atoms with Crippen molar-refractivity contribution in [2.75, 3.05) is 24.0 Å². The topological polar surface area (TPSA) is 80.8 Å². The van der Waals surface area contributed by atoms with E-state index >= 15 is 0 Å². The van der Waals surface area contributed by atoms with E-state index in [9.17, 15) is 9.59 Å². The summed E-state index contributed by atoms with van der Waals surface area (Å²) in [6.07, 6.45) is 0. The number of nitrogens with zero attached hydrogens (tertiary/aromatic N) is 2. The minimum absolute atomic E-state index is 0.0253. The second-order valence-electron chi connectivity index (χ2n) is 6.47. The third-order valence-electron chi connectivity index (χ3n) is 4.41. The van der Waals surface area contributed by atoms with E-state index in [1.165, 1.54) is 16.7 Å². The summed E-state index contributed by atoms with van der Waals surface area (Å²) in [7, 11) is 0. The van der Waals surface area contributed by atoms with Crippen LogP contribution in [0.2, 0.25) is 0 Å². The highest BCUT2D eigenvalue weighted by Crippen LogP contribution is 2.36. The van der Waals surface area contributed by atoms with Gasteiger partial charge in [0.2, 0.25) is 18.6 Å². The molecule has 3 heterocycles. The lowest BCUT2D eigenvalue weighted by Gasteiger charge is -2.29. The molecule has 2 aromatic rings. The zero-order valence-electron chi connectivity index (χ0n) is 15.1. The number of hydrogen-bond acceptors (Lipinski definition) is 6. The molecule has 2 amide bonds. The summed E-state index contributed by atoms with van der Waals surface area (Å²) in [5.41, 5.74) is 3.49. The van der Waals surface area contributed by atoms with Crippen molar-refractivity contribution in [2.45, 2.75) is 25.4 Å². The number of ether oxygens (including phenoxy) is 2. The Morgan fingerprint density at radius 2 is 2.07 bits per heavy atom. The maximum atomic E-state index is 12.5. The van der Waals surface area contributed by atoms with Gasteiger partial charge in [-0.15, -0.1) is 0 Å². The summed E-state index contributed by atoms with van der Waals surface area (Å²) in [5.74, 6) is 1.36. The lowest BCUT2D eigenvalue weighted by atomic mass is 10.2. The van der Waals surface area contributed by atoms with Crippen molar-refractivity contribution in [3.63, 3.8) is 0 Å². The van der Waals surface area contributed by atoms with Crippen molar-refractivity contribution in [1.29, 1.82) is 0 Å². The second-order valence-corrected chi connectivity index (χ2v) is 7.43. The lowest BCUT2D eigenvalue weighted by Crippen LogP contribution is -2.43. The highest BCUT2D eigenvalue weighted by molar-refractivity contribution is 8.00. The third kappa shape index (κ3) is 3.57. The largest absolute Gasteiger partial charge is 0.454 e. The fourth-order valence-corrected chi connectivity index (χ4v) is 4.21. The standard InChI is InChI=1S/C19H19N3O4S/c1-11-5-12(2)21-19-18(11)22(17(24)9-27-19)8-16(23)20-7-13-3-4-14-15(6-13)26-10-25-14/h3-6H,7-10H2,1-2H3,(H,20,23). The van der Waals surface area contributed by atoms with E-state index in [-0.39, 0.29) is 25.2 Å². The maximum Gasteiger partial charge on any atom is 0.240 e. The van der Waals surface area contributed by atoms with Crippen LogP contribution in [0.5, 0.6) is 11.5 Å². The van der Waals surface area contributed by atoms with Crippen LogP contribution in [0.25, 0.3) is 0 Å². The minimum atomic E-state index is -0.223. The van der Waals surface area contributed by atoms with Gasteiger partial charge in [-0.1, -0.05) is 17.8 Å². The molecule has 0 fully saturated rings. The zero-order valence-corrected chi connectivity index (χ0v) is 15.9. The molecule has 27 heavy (non-hydrogen) atoms. The molecule has 1 aromatic carbocycles. The van der Waals surface area contributed by atoms with Gasteiger partial charge in [0.1, 0.15) is 11.6 Å². The number of thioether (sulfide) groups is 1. The average molecular weight is 385 g/mol. The van der Waals surface area contributed by atoms with Gasteiger partial charge >= 0.3 is 0 Å². The molecule has 0 saturated heterocycles. The molecule has 1 N–H and O–H groups in total. The van der Waals surface area contributed by atoms with Gasteiger partial charge in [-0.05, 0) is 43.2 Å². The number of benzene rings is 1. The number of carbonyl (C=O) groups is 2. The fraction of sp³-hybridized carbons (Fsp3) is 0.316. The van der Waals surface area contributed by atoms with Crippen molar-refractivity contribution >= 4 is 29.3 Å². The Hall–Kier alpha value is -2.74. The second kappa shape index (κ2) is 7.11. The number of aromatic nitrogens is 1. The quantitative estimate of drug-likeness (QED) is 0.869. The van der Waals surface area contributed by atoms with Crippen LogP contribution < -0.4 is 19.7 Å². The molecule has 8 heteroatoms. The molecule has 4 rings (SSSR count). The molecule has 0 aliphatic carbocycles. The number of aryl methyl sites for hydroxylation is 2. The smallest absolute Gasteiger partial charge is 0.240 e. The van der Waals surface area contributed by atoms with Gasteiger partial charge in [-0.3, -0.25) is 14.5 Å². The molecule has 0 saturated carbocycles. The van der Waals surface area contributed by atoms with Gasteiger partial charge in [0.25, 0.3) is 0 Å². The van der Waals surface area contributed by atoms with E-state index in [1.807, 2.05) is 38.1 Å². The molecule has 1 aromatic heterocycles. The van der Waals surface area contributed by atoms with E-state index in [2.05, 4.69) is 10.3 Å². The molecule has 2 aliphatic rings. The number of anilines is 1. The zero-order chi connectivity index (χ0) is 19.0. The van der Waals surface area contributed by atoms with Crippen LogP contribution in [-0.2, 0) is 16.1 Å². The number of amides is 2. The number of nitrogens with one attached hydrogen (secondary N) is 1. The van der Waals surface area contributed by atoms with Gasteiger partial charge in [0, 0.05) is 12.2 Å². The average Bonchev–Trinajstić information content (AvgIpc) is 3.10.